The maximum Gasteiger partial charge on any atom is 0.271 e. The molecular weight excluding hydrogens is 485 g/mol. The summed E-state index contributed by atoms with van der Waals surface area (Å²) in [7, 11) is -1.39. The van der Waals surface area contributed by atoms with E-state index in [0.29, 0.717) is 27.8 Å². The van der Waals surface area contributed by atoms with Crippen molar-refractivity contribution < 1.29 is 26.9 Å². The van der Waals surface area contributed by atoms with Crippen molar-refractivity contribution >= 4 is 22.0 Å². The number of carbonyl (C=O) groups excluding carboxylic acids is 1. The molecule has 0 spiro atoms. The Kier molecular flexibility index (Phi) is 6.59. The Bertz CT molecular complexity index is 1460. The number of rotatable bonds is 7. The Morgan fingerprint density at radius 1 is 1.08 bits per heavy atom. The van der Waals surface area contributed by atoms with E-state index in [4.69, 9.17) is 10.5 Å². The topological polar surface area (TPSA) is 122 Å². The second-order valence-corrected chi connectivity index (χ2v) is 10.1. The third-order valence-electron chi connectivity index (χ3n) is 6.44. The van der Waals surface area contributed by atoms with E-state index in [1.54, 1.807) is 61.5 Å². The molecule has 2 unspecified atom stereocenters. The van der Waals surface area contributed by atoms with Gasteiger partial charge in [-0.05, 0) is 52.4 Å². The summed E-state index contributed by atoms with van der Waals surface area (Å²) < 4.78 is 52.2. The number of nitrogens with zero attached hydrogens (tertiary/aromatic N) is 2. The van der Waals surface area contributed by atoms with Crippen molar-refractivity contribution in [1.82, 2.24) is 4.90 Å². The largest absolute Gasteiger partial charge is 0.494 e. The van der Waals surface area contributed by atoms with Crippen molar-refractivity contribution in [3.63, 3.8) is 0 Å². The van der Waals surface area contributed by atoms with Crippen LogP contribution in [0.15, 0.2) is 71.7 Å². The number of halogens is 1. The van der Waals surface area contributed by atoms with Gasteiger partial charge in [0.2, 0.25) is 0 Å². The molecule has 188 valence electrons. The van der Waals surface area contributed by atoms with Crippen LogP contribution in [0.2, 0.25) is 0 Å². The van der Waals surface area contributed by atoms with Crippen LogP contribution < -0.4 is 10.5 Å². The molecule has 1 amide bonds. The zero-order valence-electron chi connectivity index (χ0n) is 20.0. The minimum atomic E-state index is -4.30. The summed E-state index contributed by atoms with van der Waals surface area (Å²) in [5.74, 6) is -0.758. The molecule has 8 nitrogen and oxygen atoms in total. The van der Waals surface area contributed by atoms with Crippen LogP contribution in [0.1, 0.15) is 35.3 Å². The average Bonchev–Trinajstić information content (AvgIpc) is 3.09. The minimum absolute atomic E-state index is 0.0299. The number of carbonyl (C=O) groups is 1. The van der Waals surface area contributed by atoms with Crippen LogP contribution in [0.5, 0.6) is 5.75 Å². The summed E-state index contributed by atoms with van der Waals surface area (Å²) in [5.41, 5.74) is 7.32. The first-order valence-corrected chi connectivity index (χ1v) is 12.7. The maximum atomic E-state index is 14.0. The first-order chi connectivity index (χ1) is 17.0. The van der Waals surface area contributed by atoms with Crippen LogP contribution in [0, 0.1) is 5.82 Å². The Labute approximate surface area is 209 Å². The lowest BCUT2D eigenvalue weighted by atomic mass is 9.81. The predicted molar refractivity (Wildman–Crippen MR) is 135 cm³/mol. The van der Waals surface area contributed by atoms with Crippen LogP contribution in [0.25, 0.3) is 11.1 Å². The van der Waals surface area contributed by atoms with Gasteiger partial charge in [0, 0.05) is 7.05 Å². The van der Waals surface area contributed by atoms with E-state index in [-0.39, 0.29) is 24.0 Å². The van der Waals surface area contributed by atoms with Crippen LogP contribution >= 0.6 is 0 Å². The number of methoxy groups -OCH3 is 1. The van der Waals surface area contributed by atoms with Crippen molar-refractivity contribution in [3.05, 3.63) is 89.2 Å². The van der Waals surface area contributed by atoms with Gasteiger partial charge < -0.3 is 10.5 Å². The first kappa shape index (κ1) is 25.3. The lowest BCUT2D eigenvalue weighted by Gasteiger charge is -2.27. The number of aliphatic imine (C=N–C) groups is 1. The highest BCUT2D eigenvalue weighted by atomic mass is 32.2. The lowest BCUT2D eigenvalue weighted by Crippen LogP contribution is -2.41. The highest BCUT2D eigenvalue weighted by molar-refractivity contribution is 7.86. The standard InChI is InChI=1S/C26H26FN3O5S/c1-4-23(36(32,33)34)16-8-11-19(12-9-16)26(24(31)30(2)25(28)29-26)20-7-5-6-17(14-20)18-10-13-21(27)22(15-18)35-3/h5-15,23H,4H2,1-3H3,(H2,28,29)(H,32,33,34). The number of guanidine groups is 1. The van der Waals surface area contributed by atoms with Gasteiger partial charge in [0.05, 0.1) is 7.11 Å². The number of amides is 1. The second-order valence-electron chi connectivity index (χ2n) is 8.51. The Morgan fingerprint density at radius 3 is 2.31 bits per heavy atom. The second kappa shape index (κ2) is 9.36. The molecule has 0 saturated carbocycles. The van der Waals surface area contributed by atoms with E-state index < -0.39 is 26.7 Å². The van der Waals surface area contributed by atoms with Crippen molar-refractivity contribution in [3.8, 4) is 16.9 Å². The molecule has 1 aliphatic rings. The summed E-state index contributed by atoms with van der Waals surface area (Å²) in [4.78, 5) is 19.4. The summed E-state index contributed by atoms with van der Waals surface area (Å²) in [6.45, 7) is 1.66. The van der Waals surface area contributed by atoms with Crippen molar-refractivity contribution in [2.24, 2.45) is 10.7 Å². The molecule has 1 aliphatic heterocycles. The smallest absolute Gasteiger partial charge is 0.271 e. The van der Waals surface area contributed by atoms with Gasteiger partial charge in [-0.15, -0.1) is 0 Å². The zero-order valence-corrected chi connectivity index (χ0v) is 20.8. The maximum absolute atomic E-state index is 14.0. The molecule has 3 aromatic rings. The van der Waals surface area contributed by atoms with E-state index in [9.17, 15) is 22.2 Å². The van der Waals surface area contributed by atoms with Gasteiger partial charge in [0.1, 0.15) is 5.25 Å². The number of hydrogen-bond acceptors (Lipinski definition) is 6. The van der Waals surface area contributed by atoms with Crippen LogP contribution in [-0.4, -0.2) is 43.9 Å². The van der Waals surface area contributed by atoms with E-state index in [2.05, 4.69) is 4.99 Å². The average molecular weight is 512 g/mol. The number of benzene rings is 3. The molecule has 0 saturated heterocycles. The molecule has 3 aromatic carbocycles. The molecule has 10 heteroatoms. The van der Waals surface area contributed by atoms with Gasteiger partial charge in [-0.25, -0.2) is 9.38 Å². The number of hydrogen-bond donors (Lipinski definition) is 2. The summed E-state index contributed by atoms with van der Waals surface area (Å²) in [5, 5.41) is -1.09. The number of likely N-dealkylation sites (N-methyl/N-ethyl adjacent to an activating group) is 1. The Morgan fingerprint density at radius 2 is 1.75 bits per heavy atom. The summed E-state index contributed by atoms with van der Waals surface area (Å²) >= 11 is 0. The fourth-order valence-corrected chi connectivity index (χ4v) is 5.43. The molecule has 4 rings (SSSR count). The molecule has 0 aromatic heterocycles. The van der Waals surface area contributed by atoms with E-state index in [1.165, 1.54) is 25.1 Å². The van der Waals surface area contributed by atoms with Crippen LogP contribution in [0.3, 0.4) is 0 Å². The highest BCUT2D eigenvalue weighted by Crippen LogP contribution is 2.41. The summed E-state index contributed by atoms with van der Waals surface area (Å²) in [6, 6.07) is 17.9. The molecule has 36 heavy (non-hydrogen) atoms. The quantitative estimate of drug-likeness (QED) is 0.465. The Balaban J connectivity index is 1.87. The van der Waals surface area contributed by atoms with Gasteiger partial charge in [-0.3, -0.25) is 14.2 Å². The van der Waals surface area contributed by atoms with Gasteiger partial charge in [0.25, 0.3) is 16.0 Å². The van der Waals surface area contributed by atoms with E-state index >= 15 is 0 Å². The van der Waals surface area contributed by atoms with Gasteiger partial charge in [0.15, 0.2) is 23.1 Å². The fraction of sp³-hybridized carbons (Fsp3) is 0.231. The molecule has 0 bridgehead atoms. The van der Waals surface area contributed by atoms with Crippen molar-refractivity contribution in [2.75, 3.05) is 14.2 Å². The van der Waals surface area contributed by atoms with Crippen LogP contribution in [-0.2, 0) is 20.5 Å². The summed E-state index contributed by atoms with van der Waals surface area (Å²) in [6.07, 6.45) is 0.180. The van der Waals surface area contributed by atoms with Crippen molar-refractivity contribution in [2.45, 2.75) is 24.1 Å². The van der Waals surface area contributed by atoms with Gasteiger partial charge in [-0.2, -0.15) is 8.42 Å². The molecule has 2 atom stereocenters. The van der Waals surface area contributed by atoms with Crippen LogP contribution in [0.4, 0.5) is 4.39 Å². The third kappa shape index (κ3) is 4.22. The number of nitrogens with two attached hydrogens (primary N) is 1. The monoisotopic (exact) mass is 511 g/mol. The molecule has 3 N–H and O–H groups in total. The van der Waals surface area contributed by atoms with E-state index in [1.807, 2.05) is 6.07 Å². The fourth-order valence-electron chi connectivity index (χ4n) is 4.50. The van der Waals surface area contributed by atoms with Gasteiger partial charge >= 0.3 is 0 Å². The molecule has 0 fully saturated rings. The third-order valence-corrected chi connectivity index (χ3v) is 7.76. The highest BCUT2D eigenvalue weighted by Gasteiger charge is 2.49. The first-order valence-electron chi connectivity index (χ1n) is 11.2. The van der Waals surface area contributed by atoms with E-state index in [0.717, 1.165) is 0 Å². The lowest BCUT2D eigenvalue weighted by molar-refractivity contribution is -0.129. The molecular formula is C26H26FN3O5S. The SMILES string of the molecule is CCC(c1ccc(C2(c3cccc(-c4ccc(F)c(OC)c4)c3)N=C(N)N(C)C2=O)cc1)S(=O)(=O)O. The van der Waals surface area contributed by atoms with Crippen molar-refractivity contribution in [1.29, 1.82) is 0 Å². The predicted octanol–water partition coefficient (Wildman–Crippen LogP) is 3.87. The molecule has 1 heterocycles. The molecule has 0 aliphatic carbocycles. The zero-order chi connectivity index (χ0) is 26.3. The normalized spacial score (nSPS) is 18.8. The minimum Gasteiger partial charge on any atom is -0.494 e. The molecule has 0 radical (unpaired) electrons. The van der Waals surface area contributed by atoms with Gasteiger partial charge in [-0.1, -0.05) is 55.5 Å². The number of ether oxygens (including phenoxy) is 1. The Hall–Kier alpha value is -3.76.